The first kappa shape index (κ1) is 18.3. The van der Waals surface area contributed by atoms with E-state index in [4.69, 9.17) is 9.47 Å². The van der Waals surface area contributed by atoms with Crippen molar-refractivity contribution >= 4 is 11.9 Å². The van der Waals surface area contributed by atoms with Crippen molar-refractivity contribution in [1.82, 2.24) is 10.2 Å². The minimum absolute atomic E-state index is 0.00628. The highest BCUT2D eigenvalue weighted by Crippen LogP contribution is 2.18. The molecule has 1 aromatic carbocycles. The van der Waals surface area contributed by atoms with E-state index < -0.39 is 0 Å². The molecule has 1 aliphatic rings. The van der Waals surface area contributed by atoms with Crippen molar-refractivity contribution < 1.29 is 14.3 Å². The number of rotatable bonds is 5. The van der Waals surface area contributed by atoms with Crippen LogP contribution in [0.4, 0.5) is 0 Å². The summed E-state index contributed by atoms with van der Waals surface area (Å²) < 4.78 is 10.1. The summed E-state index contributed by atoms with van der Waals surface area (Å²) in [7, 11) is 4.94. The van der Waals surface area contributed by atoms with Crippen molar-refractivity contribution in [1.29, 1.82) is 0 Å². The molecule has 1 aliphatic heterocycles. The minimum Gasteiger partial charge on any atom is -0.469 e. The molecule has 1 heterocycles. The zero-order valence-electron chi connectivity index (χ0n) is 14.7. The molecule has 0 saturated carbocycles. The number of methoxy groups -OCH3 is 2. The third-order valence-corrected chi connectivity index (χ3v) is 4.40. The van der Waals surface area contributed by atoms with Crippen LogP contribution >= 0.6 is 0 Å². The second-order valence-corrected chi connectivity index (χ2v) is 5.89. The number of hydrogen-bond donors (Lipinski definition) is 1. The van der Waals surface area contributed by atoms with Crippen molar-refractivity contribution in [2.75, 3.05) is 34.4 Å². The van der Waals surface area contributed by atoms with E-state index in [0.717, 1.165) is 31.9 Å². The van der Waals surface area contributed by atoms with Gasteiger partial charge in [-0.3, -0.25) is 9.79 Å². The van der Waals surface area contributed by atoms with Crippen LogP contribution in [0.1, 0.15) is 24.0 Å². The van der Waals surface area contributed by atoms with Crippen molar-refractivity contribution in [2.45, 2.75) is 26.0 Å². The molecule has 1 N–H and O–H groups in total. The van der Waals surface area contributed by atoms with Crippen LogP contribution in [0.25, 0.3) is 0 Å². The van der Waals surface area contributed by atoms with Gasteiger partial charge in [0.2, 0.25) is 0 Å². The minimum atomic E-state index is -0.105. The Kier molecular flexibility index (Phi) is 7.06. The number of aliphatic imine (C=N–C) groups is 1. The third kappa shape index (κ3) is 4.71. The quantitative estimate of drug-likeness (QED) is 0.506. The summed E-state index contributed by atoms with van der Waals surface area (Å²) in [5, 5.41) is 3.42. The maximum Gasteiger partial charge on any atom is 0.308 e. The summed E-state index contributed by atoms with van der Waals surface area (Å²) in [6.07, 6.45) is 1.60. The monoisotopic (exact) mass is 333 g/mol. The standard InChI is InChI=1S/C18H27N3O3/c1-19-18(21-10-8-14(9-11-21)17(22)24-3)20-12-15-6-4-5-7-16(15)13-23-2/h4-7,14H,8-13H2,1-3H3,(H,19,20). The van der Waals surface area contributed by atoms with E-state index in [0.29, 0.717) is 13.2 Å². The Morgan fingerprint density at radius 2 is 1.92 bits per heavy atom. The Balaban J connectivity index is 1.91. The molecule has 6 nitrogen and oxygen atoms in total. The molecule has 0 radical (unpaired) electrons. The molecule has 0 unspecified atom stereocenters. The lowest BCUT2D eigenvalue weighted by Crippen LogP contribution is -2.46. The first-order valence-electron chi connectivity index (χ1n) is 8.28. The van der Waals surface area contributed by atoms with E-state index in [-0.39, 0.29) is 11.9 Å². The summed E-state index contributed by atoms with van der Waals surface area (Å²) in [6, 6.07) is 8.22. The van der Waals surface area contributed by atoms with Gasteiger partial charge in [0, 0.05) is 33.8 Å². The molecule has 132 valence electrons. The highest BCUT2D eigenvalue weighted by molar-refractivity contribution is 5.80. The maximum atomic E-state index is 11.6. The summed E-state index contributed by atoms with van der Waals surface area (Å²) in [5.41, 5.74) is 2.37. The number of nitrogens with zero attached hydrogens (tertiary/aromatic N) is 2. The Labute approximate surface area is 143 Å². The molecule has 1 aromatic rings. The van der Waals surface area contributed by atoms with Gasteiger partial charge in [-0.15, -0.1) is 0 Å². The molecule has 2 rings (SSSR count). The van der Waals surface area contributed by atoms with E-state index in [1.54, 1.807) is 14.2 Å². The number of nitrogens with one attached hydrogen (secondary N) is 1. The number of carbonyl (C=O) groups excluding carboxylic acids is 1. The van der Waals surface area contributed by atoms with Crippen LogP contribution in [0.3, 0.4) is 0 Å². The molecule has 0 aliphatic carbocycles. The first-order valence-corrected chi connectivity index (χ1v) is 8.28. The summed E-state index contributed by atoms with van der Waals surface area (Å²) in [5.74, 6) is 0.767. The lowest BCUT2D eigenvalue weighted by Gasteiger charge is -2.33. The number of benzene rings is 1. The van der Waals surface area contributed by atoms with E-state index in [2.05, 4.69) is 27.3 Å². The maximum absolute atomic E-state index is 11.6. The van der Waals surface area contributed by atoms with Gasteiger partial charge >= 0.3 is 5.97 Å². The van der Waals surface area contributed by atoms with Gasteiger partial charge in [-0.2, -0.15) is 0 Å². The molecule has 0 aromatic heterocycles. The van der Waals surface area contributed by atoms with Crippen LogP contribution < -0.4 is 5.32 Å². The van der Waals surface area contributed by atoms with Crippen molar-refractivity contribution in [3.05, 3.63) is 35.4 Å². The number of piperidine rings is 1. The van der Waals surface area contributed by atoms with E-state index in [1.807, 2.05) is 12.1 Å². The van der Waals surface area contributed by atoms with Crippen LogP contribution in [-0.4, -0.2) is 51.2 Å². The summed E-state index contributed by atoms with van der Waals surface area (Å²) >= 11 is 0. The summed E-state index contributed by atoms with van der Waals surface area (Å²) in [6.45, 7) is 2.91. The number of likely N-dealkylation sites (tertiary alicyclic amines) is 1. The molecule has 24 heavy (non-hydrogen) atoms. The molecule has 0 amide bonds. The third-order valence-electron chi connectivity index (χ3n) is 4.40. The van der Waals surface area contributed by atoms with Crippen LogP contribution in [-0.2, 0) is 27.4 Å². The molecule has 1 saturated heterocycles. The molecular formula is C18H27N3O3. The van der Waals surface area contributed by atoms with Crippen molar-refractivity contribution in [2.24, 2.45) is 10.9 Å². The normalized spacial score (nSPS) is 16.1. The largest absolute Gasteiger partial charge is 0.469 e. The predicted molar refractivity (Wildman–Crippen MR) is 93.7 cm³/mol. The van der Waals surface area contributed by atoms with Crippen molar-refractivity contribution in [3.63, 3.8) is 0 Å². The predicted octanol–water partition coefficient (Wildman–Crippen LogP) is 1.79. The van der Waals surface area contributed by atoms with Crippen LogP contribution in [0.15, 0.2) is 29.3 Å². The fraction of sp³-hybridized carbons (Fsp3) is 0.556. The highest BCUT2D eigenvalue weighted by atomic mass is 16.5. The average Bonchev–Trinajstić information content (AvgIpc) is 2.63. The van der Waals surface area contributed by atoms with E-state index in [9.17, 15) is 4.79 Å². The van der Waals surface area contributed by atoms with Crippen LogP contribution in [0.2, 0.25) is 0 Å². The zero-order valence-corrected chi connectivity index (χ0v) is 14.7. The van der Waals surface area contributed by atoms with Gasteiger partial charge in [-0.1, -0.05) is 24.3 Å². The van der Waals surface area contributed by atoms with Crippen molar-refractivity contribution in [3.8, 4) is 0 Å². The van der Waals surface area contributed by atoms with Gasteiger partial charge in [0.05, 0.1) is 19.6 Å². The van der Waals surface area contributed by atoms with Crippen LogP contribution in [0.5, 0.6) is 0 Å². The van der Waals surface area contributed by atoms with Gasteiger partial charge in [0.1, 0.15) is 0 Å². The fourth-order valence-corrected chi connectivity index (χ4v) is 3.03. The van der Waals surface area contributed by atoms with Gasteiger partial charge in [0.15, 0.2) is 5.96 Å². The average molecular weight is 333 g/mol. The van der Waals surface area contributed by atoms with Gasteiger partial charge in [0.25, 0.3) is 0 Å². The number of ether oxygens (including phenoxy) is 2. The topological polar surface area (TPSA) is 63.2 Å². The van der Waals surface area contributed by atoms with Gasteiger partial charge < -0.3 is 19.7 Å². The Morgan fingerprint density at radius 1 is 1.25 bits per heavy atom. The fourth-order valence-electron chi connectivity index (χ4n) is 3.03. The number of hydrogen-bond acceptors (Lipinski definition) is 4. The second-order valence-electron chi connectivity index (χ2n) is 5.89. The molecular weight excluding hydrogens is 306 g/mol. The number of esters is 1. The van der Waals surface area contributed by atoms with Gasteiger partial charge in [-0.25, -0.2) is 0 Å². The first-order chi connectivity index (χ1) is 11.7. The molecule has 0 bridgehead atoms. The van der Waals surface area contributed by atoms with E-state index >= 15 is 0 Å². The Hall–Kier alpha value is -2.08. The molecule has 6 heteroatoms. The summed E-state index contributed by atoms with van der Waals surface area (Å²) in [4.78, 5) is 18.2. The molecule has 0 atom stereocenters. The molecule has 0 spiro atoms. The number of carbonyl (C=O) groups is 1. The van der Waals surface area contributed by atoms with Crippen LogP contribution in [0, 0.1) is 5.92 Å². The van der Waals surface area contributed by atoms with E-state index in [1.165, 1.54) is 18.2 Å². The second kappa shape index (κ2) is 9.27. The Bertz CT molecular complexity index is 566. The smallest absolute Gasteiger partial charge is 0.308 e. The van der Waals surface area contributed by atoms with Gasteiger partial charge in [-0.05, 0) is 24.0 Å². The Morgan fingerprint density at radius 3 is 2.50 bits per heavy atom. The number of guanidine groups is 1. The lowest BCUT2D eigenvalue weighted by molar-refractivity contribution is -0.146. The zero-order chi connectivity index (χ0) is 17.4. The lowest BCUT2D eigenvalue weighted by atomic mass is 9.97. The SMILES string of the molecule is CN=C(NCc1ccccc1COC)N1CCC(C(=O)OC)CC1. The molecule has 1 fully saturated rings. The highest BCUT2D eigenvalue weighted by Gasteiger charge is 2.26.